The lowest BCUT2D eigenvalue weighted by molar-refractivity contribution is -0.0230. The number of amides is 1. The third kappa shape index (κ3) is 3.62. The van der Waals surface area contributed by atoms with E-state index in [4.69, 9.17) is 4.74 Å². The highest BCUT2D eigenvalue weighted by atomic mass is 79.9. The number of benzene rings is 1. The fraction of sp³-hybridized carbons (Fsp3) is 0.400. The van der Waals surface area contributed by atoms with E-state index in [2.05, 4.69) is 20.9 Å². The number of morpholine rings is 1. The largest absolute Gasteiger partial charge is 0.370 e. The van der Waals surface area contributed by atoms with Crippen molar-refractivity contribution in [3.8, 4) is 0 Å². The summed E-state index contributed by atoms with van der Waals surface area (Å²) in [6.07, 6.45) is 0.495. The maximum absolute atomic E-state index is 13.1. The molecule has 1 aliphatic heterocycles. The Kier molecular flexibility index (Phi) is 5.63. The normalized spacial score (nSPS) is 17.4. The zero-order chi connectivity index (χ0) is 18.8. The third-order valence-electron chi connectivity index (χ3n) is 4.81. The smallest absolute Gasteiger partial charge is 0.270 e. The third-order valence-corrected chi connectivity index (χ3v) is 5.33. The van der Waals surface area contributed by atoms with E-state index in [0.29, 0.717) is 37.4 Å². The van der Waals surface area contributed by atoms with Crippen LogP contribution in [0.25, 0.3) is 0 Å². The van der Waals surface area contributed by atoms with E-state index >= 15 is 0 Å². The maximum atomic E-state index is 13.1. The molecule has 0 saturated carbocycles. The first-order valence-corrected chi connectivity index (χ1v) is 9.60. The second kappa shape index (κ2) is 7.76. The molecule has 2 heterocycles. The van der Waals surface area contributed by atoms with Gasteiger partial charge in [0, 0.05) is 22.3 Å². The van der Waals surface area contributed by atoms with E-state index in [1.807, 2.05) is 43.0 Å². The van der Waals surface area contributed by atoms with Crippen LogP contribution in [-0.4, -0.2) is 41.3 Å². The van der Waals surface area contributed by atoms with Gasteiger partial charge in [-0.1, -0.05) is 35.0 Å². The summed E-state index contributed by atoms with van der Waals surface area (Å²) in [6.45, 7) is 6.89. The van der Waals surface area contributed by atoms with Crippen LogP contribution in [0.4, 0.5) is 0 Å². The van der Waals surface area contributed by atoms with Crippen molar-refractivity contribution in [2.45, 2.75) is 33.3 Å². The van der Waals surface area contributed by atoms with Crippen molar-refractivity contribution >= 4 is 27.6 Å². The number of Topliss-reactive ketones (excluding diaryl/α,β-unsaturated/α-hetero) is 1. The molecular formula is C20H23BrN2O3. The van der Waals surface area contributed by atoms with Crippen molar-refractivity contribution < 1.29 is 14.3 Å². The molecule has 1 aliphatic rings. The molecule has 138 valence electrons. The van der Waals surface area contributed by atoms with Gasteiger partial charge >= 0.3 is 0 Å². The Morgan fingerprint density at radius 3 is 2.62 bits per heavy atom. The first kappa shape index (κ1) is 18.9. The number of carbonyl (C=O) groups is 2. The minimum atomic E-state index is -0.144. The molecule has 1 aromatic carbocycles. The zero-order valence-electron chi connectivity index (χ0n) is 15.3. The minimum absolute atomic E-state index is 0.00985. The van der Waals surface area contributed by atoms with Gasteiger partial charge in [0.15, 0.2) is 5.78 Å². The van der Waals surface area contributed by atoms with Gasteiger partial charge in [0.1, 0.15) is 11.8 Å². The monoisotopic (exact) mass is 418 g/mol. The second-order valence-corrected chi connectivity index (χ2v) is 7.47. The van der Waals surface area contributed by atoms with Gasteiger partial charge in [-0.05, 0) is 43.5 Å². The number of rotatable bonds is 4. The van der Waals surface area contributed by atoms with Gasteiger partial charge in [-0.15, -0.1) is 0 Å². The number of H-pyrrole nitrogens is 1. The topological polar surface area (TPSA) is 62.4 Å². The number of nitrogens with one attached hydrogen (secondary N) is 1. The molecule has 0 bridgehead atoms. The van der Waals surface area contributed by atoms with E-state index in [1.54, 1.807) is 6.92 Å². The number of halogens is 1. The van der Waals surface area contributed by atoms with Gasteiger partial charge in [-0.25, -0.2) is 0 Å². The standard InChI is InChI=1S/C20H23BrN2O3/c1-4-16-18(13(3)24)12(2)22-19(16)20(25)23-9-10-26-17(11-23)14-5-7-15(21)8-6-14/h5-8,17,22H,4,9-11H2,1-3H3/t17-/m0/s1. The molecule has 0 spiro atoms. The van der Waals surface area contributed by atoms with Gasteiger partial charge in [0.05, 0.1) is 13.2 Å². The first-order chi connectivity index (χ1) is 12.4. The molecule has 1 N–H and O–H groups in total. The fourth-order valence-corrected chi connectivity index (χ4v) is 3.82. The van der Waals surface area contributed by atoms with Gasteiger partial charge < -0.3 is 14.6 Å². The predicted octanol–water partition coefficient (Wildman–Crippen LogP) is 4.06. The number of aromatic amines is 1. The fourth-order valence-electron chi connectivity index (χ4n) is 3.56. The summed E-state index contributed by atoms with van der Waals surface area (Å²) in [7, 11) is 0. The molecule has 2 aromatic rings. The average molecular weight is 419 g/mol. The molecule has 6 heteroatoms. The lowest BCUT2D eigenvalue weighted by Gasteiger charge is -2.33. The van der Waals surface area contributed by atoms with Crippen molar-refractivity contribution in [3.05, 3.63) is 56.8 Å². The number of aromatic nitrogens is 1. The highest BCUT2D eigenvalue weighted by Gasteiger charge is 2.30. The van der Waals surface area contributed by atoms with E-state index < -0.39 is 0 Å². The zero-order valence-corrected chi connectivity index (χ0v) is 16.9. The number of ether oxygens (including phenoxy) is 1. The van der Waals surface area contributed by atoms with E-state index in [0.717, 1.165) is 21.3 Å². The highest BCUT2D eigenvalue weighted by molar-refractivity contribution is 9.10. The summed E-state index contributed by atoms with van der Waals surface area (Å²) in [4.78, 5) is 30.0. The number of carbonyl (C=O) groups excluding carboxylic acids is 2. The Bertz CT molecular complexity index is 826. The average Bonchev–Trinajstić information content (AvgIpc) is 2.98. The molecule has 3 rings (SSSR count). The lowest BCUT2D eigenvalue weighted by Crippen LogP contribution is -2.42. The Hall–Kier alpha value is -1.92. The second-order valence-electron chi connectivity index (χ2n) is 6.55. The first-order valence-electron chi connectivity index (χ1n) is 8.81. The number of nitrogens with zero attached hydrogens (tertiary/aromatic N) is 1. The van der Waals surface area contributed by atoms with Crippen LogP contribution in [0, 0.1) is 6.92 Å². The number of aryl methyl sites for hydroxylation is 1. The van der Waals surface area contributed by atoms with Crippen molar-refractivity contribution in [1.29, 1.82) is 0 Å². The van der Waals surface area contributed by atoms with Gasteiger partial charge in [-0.3, -0.25) is 9.59 Å². The molecule has 5 nitrogen and oxygen atoms in total. The van der Waals surface area contributed by atoms with Gasteiger partial charge in [0.2, 0.25) is 0 Å². The number of hydrogen-bond donors (Lipinski definition) is 1. The summed E-state index contributed by atoms with van der Waals surface area (Å²) in [5.74, 6) is -0.0766. The molecule has 0 unspecified atom stereocenters. The van der Waals surface area contributed by atoms with Crippen molar-refractivity contribution in [3.63, 3.8) is 0 Å². The van der Waals surface area contributed by atoms with E-state index in [-0.39, 0.29) is 17.8 Å². The molecule has 1 amide bonds. The summed E-state index contributed by atoms with van der Waals surface area (Å²) >= 11 is 3.43. The highest BCUT2D eigenvalue weighted by Crippen LogP contribution is 2.27. The van der Waals surface area contributed by atoms with Crippen LogP contribution in [0.5, 0.6) is 0 Å². The Balaban J connectivity index is 1.85. The molecule has 1 atom stereocenters. The van der Waals surface area contributed by atoms with Gasteiger partial charge in [-0.2, -0.15) is 0 Å². The Morgan fingerprint density at radius 1 is 1.31 bits per heavy atom. The predicted molar refractivity (Wildman–Crippen MR) is 104 cm³/mol. The number of ketones is 1. The molecule has 0 aliphatic carbocycles. The van der Waals surface area contributed by atoms with Crippen LogP contribution >= 0.6 is 15.9 Å². The molecular weight excluding hydrogens is 396 g/mol. The summed E-state index contributed by atoms with van der Waals surface area (Å²) in [5.41, 5.74) is 3.80. The van der Waals surface area contributed by atoms with Crippen LogP contribution in [0.3, 0.4) is 0 Å². The SMILES string of the molecule is CCc1c(C(=O)N2CCO[C@H](c3ccc(Br)cc3)C2)[nH]c(C)c1C(C)=O. The van der Waals surface area contributed by atoms with Crippen LogP contribution in [0.15, 0.2) is 28.7 Å². The minimum Gasteiger partial charge on any atom is -0.370 e. The summed E-state index contributed by atoms with van der Waals surface area (Å²) < 4.78 is 6.88. The Morgan fingerprint density at radius 2 is 2.00 bits per heavy atom. The Labute approximate surface area is 161 Å². The van der Waals surface area contributed by atoms with Crippen molar-refractivity contribution in [1.82, 2.24) is 9.88 Å². The van der Waals surface area contributed by atoms with Crippen LogP contribution in [0.2, 0.25) is 0 Å². The molecule has 1 fully saturated rings. The molecule has 1 saturated heterocycles. The number of hydrogen-bond acceptors (Lipinski definition) is 3. The maximum Gasteiger partial charge on any atom is 0.270 e. The summed E-state index contributed by atoms with van der Waals surface area (Å²) in [6, 6.07) is 7.96. The molecule has 1 aromatic heterocycles. The van der Waals surface area contributed by atoms with Crippen LogP contribution in [-0.2, 0) is 11.2 Å². The lowest BCUT2D eigenvalue weighted by atomic mass is 10.0. The van der Waals surface area contributed by atoms with Gasteiger partial charge in [0.25, 0.3) is 5.91 Å². The van der Waals surface area contributed by atoms with Crippen LogP contribution in [0.1, 0.15) is 57.6 Å². The summed E-state index contributed by atoms with van der Waals surface area (Å²) in [5, 5.41) is 0. The van der Waals surface area contributed by atoms with E-state index in [1.165, 1.54) is 0 Å². The molecule has 26 heavy (non-hydrogen) atoms. The molecule has 0 radical (unpaired) electrons. The van der Waals surface area contributed by atoms with Crippen molar-refractivity contribution in [2.75, 3.05) is 19.7 Å². The van der Waals surface area contributed by atoms with E-state index in [9.17, 15) is 9.59 Å². The van der Waals surface area contributed by atoms with Crippen molar-refractivity contribution in [2.24, 2.45) is 0 Å². The quantitative estimate of drug-likeness (QED) is 0.761. The van der Waals surface area contributed by atoms with Crippen LogP contribution < -0.4 is 0 Å².